The van der Waals surface area contributed by atoms with Gasteiger partial charge in [0.15, 0.2) is 5.96 Å². The lowest BCUT2D eigenvalue weighted by atomic mass is 10.1. The number of aromatic nitrogens is 4. The second-order valence-corrected chi connectivity index (χ2v) is 7.72. The molecule has 0 spiro atoms. The fourth-order valence-corrected chi connectivity index (χ4v) is 4.00. The molecule has 0 saturated carbocycles. The van der Waals surface area contributed by atoms with Gasteiger partial charge in [0.1, 0.15) is 0 Å². The lowest BCUT2D eigenvalue weighted by Crippen LogP contribution is -2.37. The number of rotatable bonds is 8. The molecule has 0 saturated heterocycles. The summed E-state index contributed by atoms with van der Waals surface area (Å²) in [6, 6.07) is 10.4. The van der Waals surface area contributed by atoms with E-state index in [1.54, 1.807) is 0 Å². The highest BCUT2D eigenvalue weighted by molar-refractivity contribution is 14.0. The summed E-state index contributed by atoms with van der Waals surface area (Å²) in [5.74, 6) is 0.804. The Morgan fingerprint density at radius 1 is 1.03 bits per heavy atom. The van der Waals surface area contributed by atoms with Crippen LogP contribution in [0.2, 0.25) is 0 Å². The van der Waals surface area contributed by atoms with Crippen molar-refractivity contribution in [3.63, 3.8) is 0 Å². The predicted octanol–water partition coefficient (Wildman–Crippen LogP) is 4.22. The van der Waals surface area contributed by atoms with Gasteiger partial charge in [-0.3, -0.25) is 4.68 Å². The number of benzene rings is 1. The number of nitrogens with zero attached hydrogens (tertiary/aromatic N) is 5. The van der Waals surface area contributed by atoms with Crippen LogP contribution < -0.4 is 10.6 Å². The van der Waals surface area contributed by atoms with Gasteiger partial charge in [-0.05, 0) is 51.3 Å². The quantitative estimate of drug-likeness (QED) is 0.251. The minimum absolute atomic E-state index is 0. The van der Waals surface area contributed by atoms with Crippen LogP contribution in [-0.4, -0.2) is 32.1 Å². The van der Waals surface area contributed by atoms with Gasteiger partial charge in [-0.1, -0.05) is 32.0 Å². The zero-order valence-electron chi connectivity index (χ0n) is 20.1. The van der Waals surface area contributed by atoms with Gasteiger partial charge in [-0.25, -0.2) is 9.67 Å². The molecular weight excluding hydrogens is 513 g/mol. The van der Waals surface area contributed by atoms with Crippen LogP contribution >= 0.6 is 24.0 Å². The SMILES string of the molecule is CCNC(=NCc1ccccc1-n1nc(C)cc1C)NCc1c(CC)nn(C)c1CC.I. The van der Waals surface area contributed by atoms with Crippen LogP contribution in [0.5, 0.6) is 0 Å². The van der Waals surface area contributed by atoms with E-state index >= 15 is 0 Å². The molecule has 7 nitrogen and oxygen atoms in total. The number of para-hydroxylation sites is 1. The molecule has 0 aliphatic rings. The van der Waals surface area contributed by atoms with E-state index in [0.29, 0.717) is 13.1 Å². The third-order valence-corrected chi connectivity index (χ3v) is 5.44. The smallest absolute Gasteiger partial charge is 0.191 e. The highest BCUT2D eigenvalue weighted by atomic mass is 127. The van der Waals surface area contributed by atoms with Crippen molar-refractivity contribution in [1.29, 1.82) is 0 Å². The van der Waals surface area contributed by atoms with Crippen molar-refractivity contribution in [1.82, 2.24) is 30.2 Å². The van der Waals surface area contributed by atoms with Crippen molar-refractivity contribution in [3.05, 3.63) is 64.2 Å². The van der Waals surface area contributed by atoms with Crippen molar-refractivity contribution >= 4 is 29.9 Å². The van der Waals surface area contributed by atoms with Crippen LogP contribution in [0.25, 0.3) is 5.69 Å². The van der Waals surface area contributed by atoms with Crippen LogP contribution in [0.1, 0.15) is 54.7 Å². The molecule has 2 heterocycles. The Bertz CT molecular complexity index is 1050. The minimum Gasteiger partial charge on any atom is -0.357 e. The van der Waals surface area contributed by atoms with Gasteiger partial charge < -0.3 is 10.6 Å². The van der Waals surface area contributed by atoms with Crippen LogP contribution in [0.15, 0.2) is 35.3 Å². The zero-order valence-corrected chi connectivity index (χ0v) is 22.4. The van der Waals surface area contributed by atoms with Gasteiger partial charge in [0, 0.05) is 37.1 Å². The second kappa shape index (κ2) is 12.0. The van der Waals surface area contributed by atoms with E-state index in [9.17, 15) is 0 Å². The molecule has 2 aromatic heterocycles. The predicted molar refractivity (Wildman–Crippen MR) is 142 cm³/mol. The fourth-order valence-electron chi connectivity index (χ4n) is 4.00. The summed E-state index contributed by atoms with van der Waals surface area (Å²) in [4.78, 5) is 4.87. The third kappa shape index (κ3) is 5.90. The molecule has 0 fully saturated rings. The van der Waals surface area contributed by atoms with Gasteiger partial charge in [-0.15, -0.1) is 24.0 Å². The average molecular weight is 550 g/mol. The number of nitrogens with one attached hydrogen (secondary N) is 2. The molecule has 0 aliphatic heterocycles. The van der Waals surface area contributed by atoms with E-state index in [2.05, 4.69) is 72.8 Å². The maximum Gasteiger partial charge on any atom is 0.191 e. The Labute approximate surface area is 208 Å². The van der Waals surface area contributed by atoms with Crippen molar-refractivity contribution in [2.45, 2.75) is 60.5 Å². The van der Waals surface area contributed by atoms with E-state index in [-0.39, 0.29) is 24.0 Å². The molecular formula is C24H36IN7. The minimum atomic E-state index is 0. The number of hydrogen-bond donors (Lipinski definition) is 2. The topological polar surface area (TPSA) is 72.1 Å². The molecule has 0 atom stereocenters. The Morgan fingerprint density at radius 2 is 1.78 bits per heavy atom. The molecule has 8 heteroatoms. The van der Waals surface area contributed by atoms with E-state index < -0.39 is 0 Å². The standard InChI is InChI=1S/C24H35N7.HI/c1-7-21-20(22(8-2)30(6)29-21)16-27-24(25-9-3)26-15-19-12-10-11-13-23(19)31-18(5)14-17(4)28-31;/h10-14H,7-9,15-16H2,1-6H3,(H2,25,26,27);1H. The summed E-state index contributed by atoms with van der Waals surface area (Å²) in [6.45, 7) is 12.6. The van der Waals surface area contributed by atoms with E-state index in [4.69, 9.17) is 4.99 Å². The van der Waals surface area contributed by atoms with Gasteiger partial charge in [0.05, 0.1) is 23.6 Å². The average Bonchev–Trinajstić information content (AvgIpc) is 3.27. The van der Waals surface area contributed by atoms with Gasteiger partial charge in [-0.2, -0.15) is 10.2 Å². The lowest BCUT2D eigenvalue weighted by molar-refractivity contribution is 0.702. The number of aliphatic imine (C=N–C) groups is 1. The van der Waals surface area contributed by atoms with Crippen LogP contribution in [-0.2, 0) is 33.0 Å². The lowest BCUT2D eigenvalue weighted by Gasteiger charge is -2.14. The van der Waals surface area contributed by atoms with Crippen molar-refractivity contribution in [3.8, 4) is 5.69 Å². The molecule has 0 radical (unpaired) electrons. The van der Waals surface area contributed by atoms with Crippen molar-refractivity contribution in [2.24, 2.45) is 12.0 Å². The first kappa shape index (κ1) is 25.9. The van der Waals surface area contributed by atoms with E-state index in [1.165, 1.54) is 11.3 Å². The van der Waals surface area contributed by atoms with Crippen molar-refractivity contribution in [2.75, 3.05) is 6.54 Å². The molecule has 0 amide bonds. The Morgan fingerprint density at radius 3 is 2.41 bits per heavy atom. The third-order valence-electron chi connectivity index (χ3n) is 5.44. The number of aryl methyl sites for hydroxylation is 4. The Balaban J connectivity index is 0.00000363. The summed E-state index contributed by atoms with van der Waals surface area (Å²) < 4.78 is 4.00. The molecule has 3 rings (SSSR count). The summed E-state index contributed by atoms with van der Waals surface area (Å²) in [7, 11) is 2.02. The highest BCUT2D eigenvalue weighted by Gasteiger charge is 2.14. The molecule has 174 valence electrons. The van der Waals surface area contributed by atoms with Gasteiger partial charge in [0.25, 0.3) is 0 Å². The Hall–Kier alpha value is -2.36. The molecule has 3 aromatic rings. The molecule has 0 unspecified atom stereocenters. The van der Waals surface area contributed by atoms with Crippen LogP contribution in [0.4, 0.5) is 0 Å². The van der Waals surface area contributed by atoms with E-state index in [1.807, 2.05) is 29.4 Å². The molecule has 1 aromatic carbocycles. The largest absolute Gasteiger partial charge is 0.357 e. The molecule has 0 aliphatic carbocycles. The molecule has 2 N–H and O–H groups in total. The second-order valence-electron chi connectivity index (χ2n) is 7.72. The zero-order chi connectivity index (χ0) is 22.4. The monoisotopic (exact) mass is 549 g/mol. The van der Waals surface area contributed by atoms with E-state index in [0.717, 1.165) is 53.7 Å². The summed E-state index contributed by atoms with van der Waals surface area (Å²) in [6.07, 6.45) is 1.89. The maximum absolute atomic E-state index is 4.87. The van der Waals surface area contributed by atoms with Crippen LogP contribution in [0, 0.1) is 13.8 Å². The number of guanidine groups is 1. The summed E-state index contributed by atoms with van der Waals surface area (Å²) in [5, 5.41) is 16.2. The van der Waals surface area contributed by atoms with Gasteiger partial charge in [0.2, 0.25) is 0 Å². The summed E-state index contributed by atoms with van der Waals surface area (Å²) in [5.41, 5.74) is 8.04. The number of hydrogen-bond acceptors (Lipinski definition) is 3. The first-order valence-corrected chi connectivity index (χ1v) is 11.2. The normalized spacial score (nSPS) is 11.4. The Kier molecular flexibility index (Phi) is 9.74. The van der Waals surface area contributed by atoms with Crippen LogP contribution in [0.3, 0.4) is 0 Å². The maximum atomic E-state index is 4.87. The highest BCUT2D eigenvalue weighted by Crippen LogP contribution is 2.18. The number of halogens is 1. The first-order chi connectivity index (χ1) is 15.0. The fraction of sp³-hybridized carbons (Fsp3) is 0.458. The first-order valence-electron chi connectivity index (χ1n) is 11.2. The van der Waals surface area contributed by atoms with Gasteiger partial charge >= 0.3 is 0 Å². The summed E-state index contributed by atoms with van der Waals surface area (Å²) >= 11 is 0. The molecule has 32 heavy (non-hydrogen) atoms. The van der Waals surface area contributed by atoms with Crippen molar-refractivity contribution < 1.29 is 0 Å². The molecule has 0 bridgehead atoms.